The minimum atomic E-state index is -3.52. The predicted octanol–water partition coefficient (Wildman–Crippen LogP) is 0.914. The van der Waals surface area contributed by atoms with Crippen LogP contribution in [0, 0.1) is 16.0 Å². The minimum Gasteiger partial charge on any atom is -0.378 e. The summed E-state index contributed by atoms with van der Waals surface area (Å²) in [5.41, 5.74) is -0.0985. The lowest BCUT2D eigenvalue weighted by molar-refractivity contribution is -0.384. The zero-order valence-corrected chi connectivity index (χ0v) is 15.6. The zero-order valence-electron chi connectivity index (χ0n) is 14.8. The highest BCUT2D eigenvalue weighted by Crippen LogP contribution is 2.27. The van der Waals surface area contributed by atoms with Gasteiger partial charge in [0.25, 0.3) is 5.69 Å². The van der Waals surface area contributed by atoms with Crippen LogP contribution in [0.25, 0.3) is 0 Å². The topological polar surface area (TPSA) is 130 Å². The van der Waals surface area contributed by atoms with E-state index >= 15 is 0 Å². The van der Waals surface area contributed by atoms with Crippen LogP contribution >= 0.6 is 0 Å². The van der Waals surface area contributed by atoms with Crippen molar-refractivity contribution in [2.45, 2.75) is 30.7 Å². The van der Waals surface area contributed by atoms with Crippen molar-refractivity contribution in [3.05, 3.63) is 28.3 Å². The van der Waals surface area contributed by atoms with Gasteiger partial charge < -0.3 is 16.0 Å². The molecule has 1 aromatic rings. The molecule has 0 saturated carbocycles. The molecule has 1 aromatic carbocycles. The summed E-state index contributed by atoms with van der Waals surface area (Å²) >= 11 is 0. The van der Waals surface area contributed by atoms with Crippen molar-refractivity contribution < 1.29 is 18.1 Å². The molecule has 0 unspecified atom stereocenters. The number of amides is 1. The van der Waals surface area contributed by atoms with Gasteiger partial charge in [-0.05, 0) is 38.4 Å². The fraction of sp³-hybridized carbons (Fsp3) is 0.562. The van der Waals surface area contributed by atoms with Crippen molar-refractivity contribution in [2.24, 2.45) is 5.92 Å². The first-order valence-electron chi connectivity index (χ1n) is 8.42. The van der Waals surface area contributed by atoms with Gasteiger partial charge in [0.15, 0.2) is 9.84 Å². The molecular weight excluding hydrogens is 360 g/mol. The Morgan fingerprint density at radius 2 is 2.12 bits per heavy atom. The number of hydrogen-bond acceptors (Lipinski definition) is 7. The van der Waals surface area contributed by atoms with Gasteiger partial charge in [-0.2, -0.15) is 0 Å². The van der Waals surface area contributed by atoms with Crippen LogP contribution in [-0.2, 0) is 14.6 Å². The molecule has 1 aliphatic heterocycles. The van der Waals surface area contributed by atoms with Gasteiger partial charge in [-0.15, -0.1) is 0 Å². The molecule has 0 bridgehead atoms. The average Bonchev–Trinajstić information content (AvgIpc) is 2.57. The molecule has 10 heteroatoms. The number of benzene rings is 1. The van der Waals surface area contributed by atoms with Gasteiger partial charge in [0.2, 0.25) is 5.91 Å². The molecule has 144 valence electrons. The van der Waals surface area contributed by atoms with Crippen molar-refractivity contribution in [1.29, 1.82) is 0 Å². The lowest BCUT2D eigenvalue weighted by Gasteiger charge is -2.27. The maximum Gasteiger partial charge on any atom is 0.293 e. The van der Waals surface area contributed by atoms with Crippen LogP contribution in [0.4, 0.5) is 11.4 Å². The number of nitro benzene ring substituents is 1. The standard InChI is InChI=1S/C16H24N4O5S/c1-11-9-12(5-6-17-11)16(21)19-8-7-18-14-4-3-13(26(2,24)25)10-15(14)20(22)23/h3-4,10-12,17-18H,5-9H2,1-2H3,(H,19,21)/t11-,12-/m0/s1. The molecule has 3 N–H and O–H groups in total. The van der Waals surface area contributed by atoms with Crippen LogP contribution in [-0.4, -0.2) is 51.2 Å². The molecule has 1 heterocycles. The van der Waals surface area contributed by atoms with E-state index in [9.17, 15) is 23.3 Å². The zero-order chi connectivity index (χ0) is 19.3. The van der Waals surface area contributed by atoms with Gasteiger partial charge in [0.1, 0.15) is 5.69 Å². The molecule has 1 aliphatic rings. The Labute approximate surface area is 152 Å². The van der Waals surface area contributed by atoms with E-state index < -0.39 is 14.8 Å². The molecule has 26 heavy (non-hydrogen) atoms. The Morgan fingerprint density at radius 1 is 1.38 bits per heavy atom. The highest BCUT2D eigenvalue weighted by molar-refractivity contribution is 7.90. The Balaban J connectivity index is 1.91. The predicted molar refractivity (Wildman–Crippen MR) is 97.9 cm³/mol. The lowest BCUT2D eigenvalue weighted by Crippen LogP contribution is -2.43. The molecule has 1 saturated heterocycles. The van der Waals surface area contributed by atoms with Crippen LogP contribution in [0.5, 0.6) is 0 Å². The van der Waals surface area contributed by atoms with Gasteiger partial charge >= 0.3 is 0 Å². The number of rotatable bonds is 7. The summed E-state index contributed by atoms with van der Waals surface area (Å²) in [7, 11) is -3.52. The van der Waals surface area contributed by atoms with Gasteiger partial charge in [0.05, 0.1) is 9.82 Å². The molecule has 0 spiro atoms. The average molecular weight is 384 g/mol. The molecule has 9 nitrogen and oxygen atoms in total. The molecule has 1 amide bonds. The highest BCUT2D eigenvalue weighted by atomic mass is 32.2. The fourth-order valence-corrected chi connectivity index (χ4v) is 3.58. The normalized spacial score (nSPS) is 20.4. The molecule has 2 atom stereocenters. The van der Waals surface area contributed by atoms with Crippen molar-refractivity contribution in [2.75, 3.05) is 31.2 Å². The first-order valence-corrected chi connectivity index (χ1v) is 10.3. The first-order chi connectivity index (χ1) is 12.2. The minimum absolute atomic E-state index is 0.0120. The molecule has 0 aromatic heterocycles. The number of nitrogens with zero attached hydrogens (tertiary/aromatic N) is 1. The monoisotopic (exact) mass is 384 g/mol. The molecule has 2 rings (SSSR count). The van der Waals surface area contributed by atoms with E-state index in [0.29, 0.717) is 19.1 Å². The van der Waals surface area contributed by atoms with E-state index in [4.69, 9.17) is 0 Å². The summed E-state index contributed by atoms with van der Waals surface area (Å²) in [6.45, 7) is 3.48. The van der Waals surface area contributed by atoms with Gasteiger partial charge in [-0.3, -0.25) is 14.9 Å². The van der Waals surface area contributed by atoms with E-state index in [-0.39, 0.29) is 28.1 Å². The third-order valence-corrected chi connectivity index (χ3v) is 5.44. The van der Waals surface area contributed by atoms with Gasteiger partial charge in [-0.1, -0.05) is 0 Å². The number of piperidine rings is 1. The summed E-state index contributed by atoms with van der Waals surface area (Å²) < 4.78 is 23.1. The molecular formula is C16H24N4O5S. The maximum absolute atomic E-state index is 12.1. The number of nitrogens with one attached hydrogen (secondary N) is 3. The summed E-state index contributed by atoms with van der Waals surface area (Å²) in [6, 6.07) is 4.03. The first kappa shape index (κ1) is 20.1. The third kappa shape index (κ3) is 5.40. The maximum atomic E-state index is 12.1. The lowest BCUT2D eigenvalue weighted by atomic mass is 9.92. The van der Waals surface area contributed by atoms with Crippen molar-refractivity contribution in [3.8, 4) is 0 Å². The van der Waals surface area contributed by atoms with Crippen molar-refractivity contribution in [1.82, 2.24) is 10.6 Å². The van der Waals surface area contributed by atoms with E-state index in [0.717, 1.165) is 31.7 Å². The second kappa shape index (κ2) is 8.45. The molecule has 1 fully saturated rings. The van der Waals surface area contributed by atoms with E-state index in [2.05, 4.69) is 16.0 Å². The van der Waals surface area contributed by atoms with Crippen LogP contribution in [0.1, 0.15) is 19.8 Å². The second-order valence-electron chi connectivity index (χ2n) is 6.50. The van der Waals surface area contributed by atoms with E-state index in [1.807, 2.05) is 6.92 Å². The SMILES string of the molecule is C[C@H]1C[C@@H](C(=O)NCCNc2ccc(S(C)(=O)=O)cc2[N+](=O)[O-])CCN1. The van der Waals surface area contributed by atoms with Crippen molar-refractivity contribution >= 4 is 27.1 Å². The smallest absolute Gasteiger partial charge is 0.293 e. The number of hydrogen-bond donors (Lipinski definition) is 3. The van der Waals surface area contributed by atoms with Crippen LogP contribution < -0.4 is 16.0 Å². The summed E-state index contributed by atoms with van der Waals surface area (Å²) in [5.74, 6) is -0.0308. The Morgan fingerprint density at radius 3 is 2.73 bits per heavy atom. The third-order valence-electron chi connectivity index (χ3n) is 4.33. The number of anilines is 1. The van der Waals surface area contributed by atoms with Gasteiger partial charge in [0, 0.05) is 37.4 Å². The van der Waals surface area contributed by atoms with Crippen LogP contribution in [0.2, 0.25) is 0 Å². The summed E-state index contributed by atoms with van der Waals surface area (Å²) in [4.78, 5) is 22.6. The molecule has 0 radical (unpaired) electrons. The number of sulfone groups is 1. The summed E-state index contributed by atoms with van der Waals surface area (Å²) in [5, 5.41) is 20.2. The van der Waals surface area contributed by atoms with Gasteiger partial charge in [-0.25, -0.2) is 8.42 Å². The van der Waals surface area contributed by atoms with Crippen molar-refractivity contribution in [3.63, 3.8) is 0 Å². The van der Waals surface area contributed by atoms with E-state index in [1.54, 1.807) is 0 Å². The Hall–Kier alpha value is -2.20. The quantitative estimate of drug-likeness (QED) is 0.362. The Kier molecular flexibility index (Phi) is 6.54. The molecule has 0 aliphatic carbocycles. The van der Waals surface area contributed by atoms with E-state index in [1.165, 1.54) is 12.1 Å². The fourth-order valence-electron chi connectivity index (χ4n) is 2.94. The second-order valence-corrected chi connectivity index (χ2v) is 8.52. The summed E-state index contributed by atoms with van der Waals surface area (Å²) in [6.07, 6.45) is 2.58. The van der Waals surface area contributed by atoms with Crippen LogP contribution in [0.3, 0.4) is 0 Å². The van der Waals surface area contributed by atoms with Crippen LogP contribution in [0.15, 0.2) is 23.1 Å². The number of nitro groups is 1. The number of carbonyl (C=O) groups excluding carboxylic acids is 1. The largest absolute Gasteiger partial charge is 0.378 e. The number of carbonyl (C=O) groups is 1. The highest BCUT2D eigenvalue weighted by Gasteiger charge is 2.24. The Bertz CT molecular complexity index is 781.